The molecule has 1 heterocycles. The molecule has 32 heavy (non-hydrogen) atoms. The van der Waals surface area contributed by atoms with Gasteiger partial charge in [-0.05, 0) is 43.1 Å². The van der Waals surface area contributed by atoms with E-state index in [9.17, 15) is 4.79 Å². The van der Waals surface area contributed by atoms with Gasteiger partial charge in [0.1, 0.15) is 6.04 Å². The molecule has 0 bridgehead atoms. The number of nitrogens with zero attached hydrogens (tertiary/aromatic N) is 1. The zero-order valence-corrected chi connectivity index (χ0v) is 19.6. The van der Waals surface area contributed by atoms with E-state index in [0.717, 1.165) is 40.4 Å². The lowest BCUT2D eigenvalue weighted by molar-refractivity contribution is -0.135. The molecule has 1 unspecified atom stereocenters. The van der Waals surface area contributed by atoms with Crippen molar-refractivity contribution in [2.45, 2.75) is 59.9 Å². The van der Waals surface area contributed by atoms with Crippen LogP contribution in [0.1, 0.15) is 50.9 Å². The van der Waals surface area contributed by atoms with Gasteiger partial charge < -0.3 is 20.2 Å². The van der Waals surface area contributed by atoms with E-state index in [1.807, 2.05) is 24.3 Å². The van der Waals surface area contributed by atoms with Gasteiger partial charge in [-0.1, -0.05) is 51.6 Å². The fourth-order valence-electron chi connectivity index (χ4n) is 3.68. The number of aromatic nitrogens is 2. The molecule has 0 spiro atoms. The molecule has 2 aromatic carbocycles. The van der Waals surface area contributed by atoms with Gasteiger partial charge in [-0.15, -0.1) is 0 Å². The molecule has 6 nitrogen and oxygen atoms in total. The molecule has 0 saturated heterocycles. The number of carbonyl (C=O) groups is 1. The number of nitrogens with two attached hydrogens (primary N) is 1. The maximum absolute atomic E-state index is 13.0. The average molecular weight is 436 g/mol. The summed E-state index contributed by atoms with van der Waals surface area (Å²) in [6.45, 7) is 14.4. The number of hydrogen-bond donors (Lipinski definition) is 2. The Morgan fingerprint density at radius 2 is 1.88 bits per heavy atom. The minimum absolute atomic E-state index is 0.141. The van der Waals surface area contributed by atoms with Gasteiger partial charge in [-0.25, -0.2) is 9.78 Å². The summed E-state index contributed by atoms with van der Waals surface area (Å²) < 4.78 is 12.0. The molecule has 6 heteroatoms. The molecule has 1 aromatic heterocycles. The fraction of sp³-hybridized carbons (Fsp3) is 0.385. The number of aromatic amines is 1. The van der Waals surface area contributed by atoms with Crippen LogP contribution in [0.4, 0.5) is 0 Å². The number of fused-ring (bicyclic) bond motifs is 1. The molecule has 0 radical (unpaired) electrons. The number of aryl methyl sites for hydroxylation is 1. The molecule has 3 N–H and O–H groups in total. The van der Waals surface area contributed by atoms with Crippen LogP contribution in [0, 0.1) is 12.3 Å². The lowest BCUT2D eigenvalue weighted by atomic mass is 9.86. The summed E-state index contributed by atoms with van der Waals surface area (Å²) in [5.41, 5.74) is 9.20. The number of hydrogen-bond acceptors (Lipinski definition) is 5. The van der Waals surface area contributed by atoms with Crippen LogP contribution in [0.5, 0.6) is 11.5 Å². The van der Waals surface area contributed by atoms with Crippen LogP contribution in [0.3, 0.4) is 0 Å². The molecule has 0 amide bonds. The van der Waals surface area contributed by atoms with Gasteiger partial charge in [0.2, 0.25) is 0 Å². The van der Waals surface area contributed by atoms with Gasteiger partial charge >= 0.3 is 5.97 Å². The Hall–Kier alpha value is -3.12. The van der Waals surface area contributed by atoms with E-state index in [1.54, 1.807) is 19.4 Å². The molecular weight excluding hydrogens is 402 g/mol. The number of esters is 1. The third-order valence-corrected chi connectivity index (χ3v) is 5.41. The average Bonchev–Trinajstić information content (AvgIpc) is 3.22. The standard InChI is InChI=1S/C26H33N3O3/c1-16(2)31-23-20(11-12-26(4,5)6)17(3)19-9-7-8-10-21(19)24(23)32-25(30)22(27)13-18-14-28-15-29-18/h7-10,14-15,22H,1,11-13,27H2,2-6H3,(H,28,29). The van der Waals surface area contributed by atoms with Crippen molar-refractivity contribution in [1.82, 2.24) is 9.97 Å². The molecular formula is C26H33N3O3. The Morgan fingerprint density at radius 1 is 1.19 bits per heavy atom. The minimum Gasteiger partial charge on any atom is -0.458 e. The zero-order chi connectivity index (χ0) is 23.5. The van der Waals surface area contributed by atoms with Gasteiger partial charge in [-0.2, -0.15) is 0 Å². The van der Waals surface area contributed by atoms with Gasteiger partial charge in [0.05, 0.1) is 12.1 Å². The van der Waals surface area contributed by atoms with Crippen LogP contribution >= 0.6 is 0 Å². The molecule has 0 saturated carbocycles. The summed E-state index contributed by atoms with van der Waals surface area (Å²) in [6.07, 6.45) is 5.24. The maximum Gasteiger partial charge on any atom is 0.328 e. The number of nitrogens with one attached hydrogen (secondary N) is 1. The predicted molar refractivity (Wildman–Crippen MR) is 128 cm³/mol. The Balaban J connectivity index is 2.08. The number of H-pyrrole nitrogens is 1. The molecule has 1 atom stereocenters. The molecule has 0 aliphatic rings. The first-order valence-corrected chi connectivity index (χ1v) is 10.9. The van der Waals surface area contributed by atoms with Crippen molar-refractivity contribution in [3.05, 3.63) is 65.9 Å². The zero-order valence-electron chi connectivity index (χ0n) is 19.6. The van der Waals surface area contributed by atoms with Crippen LogP contribution in [-0.4, -0.2) is 22.0 Å². The van der Waals surface area contributed by atoms with Crippen LogP contribution in [0.15, 0.2) is 49.1 Å². The Kier molecular flexibility index (Phi) is 7.04. The Labute approximate surface area is 189 Å². The van der Waals surface area contributed by atoms with E-state index < -0.39 is 12.0 Å². The van der Waals surface area contributed by atoms with Crippen molar-refractivity contribution in [3.63, 3.8) is 0 Å². The molecule has 0 aliphatic heterocycles. The van der Waals surface area contributed by atoms with Gasteiger partial charge in [0, 0.05) is 29.3 Å². The summed E-state index contributed by atoms with van der Waals surface area (Å²) >= 11 is 0. The summed E-state index contributed by atoms with van der Waals surface area (Å²) in [5, 5.41) is 1.83. The van der Waals surface area contributed by atoms with E-state index in [2.05, 4.69) is 44.2 Å². The first-order valence-electron chi connectivity index (χ1n) is 10.9. The van der Waals surface area contributed by atoms with Crippen molar-refractivity contribution in [2.75, 3.05) is 0 Å². The second kappa shape index (κ2) is 9.57. The third kappa shape index (κ3) is 5.56. The molecule has 0 aliphatic carbocycles. The van der Waals surface area contributed by atoms with Crippen LogP contribution in [-0.2, 0) is 17.6 Å². The molecule has 3 aromatic rings. The van der Waals surface area contributed by atoms with Crippen molar-refractivity contribution >= 4 is 16.7 Å². The lowest BCUT2D eigenvalue weighted by Crippen LogP contribution is -2.36. The van der Waals surface area contributed by atoms with E-state index in [4.69, 9.17) is 15.2 Å². The second-order valence-electron chi connectivity index (χ2n) is 9.48. The number of carbonyl (C=O) groups excluding carboxylic acids is 1. The van der Waals surface area contributed by atoms with Gasteiger partial charge in [0.25, 0.3) is 0 Å². The largest absolute Gasteiger partial charge is 0.458 e. The fourth-order valence-corrected chi connectivity index (χ4v) is 3.68. The normalized spacial score (nSPS) is 12.6. The first-order chi connectivity index (χ1) is 15.1. The highest BCUT2D eigenvalue weighted by Gasteiger charge is 2.26. The first kappa shape index (κ1) is 23.5. The highest BCUT2D eigenvalue weighted by molar-refractivity contribution is 5.97. The van der Waals surface area contributed by atoms with Crippen molar-refractivity contribution in [3.8, 4) is 11.5 Å². The topological polar surface area (TPSA) is 90.2 Å². The SMILES string of the molecule is C=C(C)Oc1c(CCC(C)(C)C)c(C)c2ccccc2c1OC(=O)C(N)Cc1cnc[nH]1. The van der Waals surface area contributed by atoms with Crippen LogP contribution in [0.2, 0.25) is 0 Å². The summed E-state index contributed by atoms with van der Waals surface area (Å²) in [7, 11) is 0. The number of allylic oxidation sites excluding steroid dienone is 1. The van der Waals surface area contributed by atoms with Gasteiger partial charge in [-0.3, -0.25) is 0 Å². The summed E-state index contributed by atoms with van der Waals surface area (Å²) in [4.78, 5) is 19.9. The second-order valence-corrected chi connectivity index (χ2v) is 9.48. The van der Waals surface area contributed by atoms with Crippen molar-refractivity contribution < 1.29 is 14.3 Å². The molecule has 170 valence electrons. The lowest BCUT2D eigenvalue weighted by Gasteiger charge is -2.24. The predicted octanol–water partition coefficient (Wildman–Crippen LogP) is 5.24. The number of imidazole rings is 1. The highest BCUT2D eigenvalue weighted by atomic mass is 16.6. The minimum atomic E-state index is -0.841. The molecule has 3 rings (SSSR count). The van der Waals surface area contributed by atoms with Crippen LogP contribution in [0.25, 0.3) is 10.8 Å². The van der Waals surface area contributed by atoms with Crippen molar-refractivity contribution in [1.29, 1.82) is 0 Å². The third-order valence-electron chi connectivity index (χ3n) is 5.41. The van der Waals surface area contributed by atoms with Crippen molar-refractivity contribution in [2.24, 2.45) is 11.1 Å². The van der Waals surface area contributed by atoms with E-state index in [1.165, 1.54) is 0 Å². The monoisotopic (exact) mass is 435 g/mol. The number of benzene rings is 2. The maximum atomic E-state index is 13.0. The van der Waals surface area contributed by atoms with E-state index >= 15 is 0 Å². The molecule has 0 fully saturated rings. The Bertz CT molecular complexity index is 1110. The Morgan fingerprint density at radius 3 is 2.47 bits per heavy atom. The van der Waals surface area contributed by atoms with Crippen LogP contribution < -0.4 is 15.2 Å². The quantitative estimate of drug-likeness (QED) is 0.287. The number of rotatable bonds is 8. The summed E-state index contributed by atoms with van der Waals surface area (Å²) in [5.74, 6) is 0.931. The highest BCUT2D eigenvalue weighted by Crippen LogP contribution is 2.44. The summed E-state index contributed by atoms with van der Waals surface area (Å²) in [6, 6.07) is 7.04. The van der Waals surface area contributed by atoms with E-state index in [0.29, 0.717) is 23.7 Å². The van der Waals surface area contributed by atoms with Gasteiger partial charge in [0.15, 0.2) is 11.5 Å². The van der Waals surface area contributed by atoms with E-state index in [-0.39, 0.29) is 5.41 Å². The smallest absolute Gasteiger partial charge is 0.328 e. The number of ether oxygens (including phenoxy) is 2.